The van der Waals surface area contributed by atoms with E-state index in [-0.39, 0.29) is 38.1 Å². The van der Waals surface area contributed by atoms with Crippen LogP contribution in [0.3, 0.4) is 0 Å². The molecular weight excluding hydrogens is 735 g/mol. The van der Waals surface area contributed by atoms with Crippen LogP contribution in [0.2, 0.25) is 0 Å². The Morgan fingerprint density at radius 2 is 1.10 bits per heavy atom. The highest BCUT2D eigenvalue weighted by atomic mass is 16.6. The maximum Gasteiger partial charge on any atom is 0.347 e. The van der Waals surface area contributed by atoms with Gasteiger partial charge in [0.2, 0.25) is 0 Å². The Bertz CT molecular complexity index is 2530. The number of pyridine rings is 1. The fraction of sp³-hybridized carbons (Fsp3) is 0.482. The number of benzene rings is 3. The van der Waals surface area contributed by atoms with E-state index in [2.05, 4.69) is 110 Å². The molecule has 6 aliphatic carbocycles. The molecule has 3 aromatic carbocycles. The van der Waals surface area contributed by atoms with Gasteiger partial charge >= 0.3 is 11.9 Å². The number of ether oxygens (including phenoxy) is 1. The second kappa shape index (κ2) is 13.2. The molecule has 10 rings (SSSR count). The second-order valence-electron chi connectivity index (χ2n) is 22.5. The maximum absolute atomic E-state index is 13.1. The van der Waals surface area contributed by atoms with Crippen LogP contribution in [0.1, 0.15) is 191 Å². The molecule has 4 atom stereocenters. The normalized spacial score (nSPS) is 29.6. The van der Waals surface area contributed by atoms with E-state index >= 15 is 0 Å². The molecule has 0 N–H and O–H groups in total. The van der Waals surface area contributed by atoms with E-state index in [4.69, 9.17) is 4.74 Å². The first-order valence-corrected chi connectivity index (χ1v) is 22.9. The average Bonchev–Trinajstić information content (AvgIpc) is 4.07. The molecule has 1 aromatic heterocycles. The smallest absolute Gasteiger partial charge is 0.347 e. The Balaban J connectivity index is 0.769. The number of aryl methyl sites for hydroxylation is 1. The zero-order valence-electron chi connectivity index (χ0n) is 37.5. The summed E-state index contributed by atoms with van der Waals surface area (Å²) in [5.41, 5.74) is 17.6. The third-order valence-electron chi connectivity index (χ3n) is 17.0. The van der Waals surface area contributed by atoms with Crippen molar-refractivity contribution in [2.75, 3.05) is 0 Å². The summed E-state index contributed by atoms with van der Waals surface area (Å²) in [6.45, 7) is 21.6. The zero-order valence-corrected chi connectivity index (χ0v) is 37.5. The van der Waals surface area contributed by atoms with Gasteiger partial charge in [-0.15, -0.1) is 0 Å². The van der Waals surface area contributed by atoms with Gasteiger partial charge in [0.25, 0.3) is 0 Å². The van der Waals surface area contributed by atoms with Crippen LogP contribution < -0.4 is 0 Å². The number of aromatic nitrogens is 1. The minimum absolute atomic E-state index is 0.199. The number of carbonyl (C=O) groups excluding carboxylic acids is 2. The molecule has 6 aliphatic rings. The summed E-state index contributed by atoms with van der Waals surface area (Å²) < 4.78 is 5.34. The number of fused-ring (bicyclic) bond motifs is 4. The Labute approximate surface area is 358 Å². The quantitative estimate of drug-likeness (QED) is 0.144. The van der Waals surface area contributed by atoms with Crippen molar-refractivity contribution in [2.24, 2.45) is 11.8 Å². The van der Waals surface area contributed by atoms with Crippen LogP contribution in [0, 0.1) is 18.8 Å². The Morgan fingerprint density at radius 1 is 0.567 bits per heavy atom. The Kier molecular flexibility index (Phi) is 8.71. The number of hydrogen-bond donors (Lipinski definition) is 0. The molecular formula is C56H63NO3. The van der Waals surface area contributed by atoms with Crippen LogP contribution in [0.15, 0.2) is 84.1 Å². The Morgan fingerprint density at radius 3 is 1.72 bits per heavy atom. The van der Waals surface area contributed by atoms with E-state index in [9.17, 15) is 9.59 Å². The van der Waals surface area contributed by atoms with Gasteiger partial charge in [-0.3, -0.25) is 4.98 Å². The number of esters is 2. The SMILES string of the molecule is Cc1cc2c(cc1C13CCC(=Cc4ccc(C(=O)OC(=O)c5ccc(C=C6CCC7(c8ccc9c(c8)C(C)(C)CCC9(C)C)CC67)cc5)cn4)C1C3)C(C)(C)CCC2(C)C. The molecule has 4 aromatic rings. The van der Waals surface area contributed by atoms with Crippen molar-refractivity contribution in [2.45, 2.75) is 159 Å². The summed E-state index contributed by atoms with van der Waals surface area (Å²) in [6, 6.07) is 23.6. The van der Waals surface area contributed by atoms with Gasteiger partial charge < -0.3 is 4.74 Å². The summed E-state index contributed by atoms with van der Waals surface area (Å²) in [6.07, 6.45) is 18.0. The van der Waals surface area contributed by atoms with Crippen molar-refractivity contribution in [3.63, 3.8) is 0 Å². The third-order valence-corrected chi connectivity index (χ3v) is 17.0. The summed E-state index contributed by atoms with van der Waals surface area (Å²) in [5.74, 6) is -0.203. The summed E-state index contributed by atoms with van der Waals surface area (Å²) >= 11 is 0. The molecule has 60 heavy (non-hydrogen) atoms. The van der Waals surface area contributed by atoms with Gasteiger partial charge in [-0.2, -0.15) is 0 Å². The lowest BCUT2D eigenvalue weighted by molar-refractivity contribution is 0.0397. The highest BCUT2D eigenvalue weighted by molar-refractivity contribution is 6.02. The van der Waals surface area contributed by atoms with Gasteiger partial charge in [-0.25, -0.2) is 9.59 Å². The molecule has 1 heterocycles. The van der Waals surface area contributed by atoms with E-state index in [1.807, 2.05) is 18.2 Å². The number of nitrogens with zero attached hydrogens (tertiary/aromatic N) is 1. The van der Waals surface area contributed by atoms with Crippen LogP contribution in [0.25, 0.3) is 12.2 Å². The lowest BCUT2D eigenvalue weighted by Gasteiger charge is -2.43. The van der Waals surface area contributed by atoms with E-state index in [0.29, 0.717) is 17.4 Å². The van der Waals surface area contributed by atoms with Crippen molar-refractivity contribution < 1.29 is 14.3 Å². The fourth-order valence-corrected chi connectivity index (χ4v) is 12.5. The standard InChI is InChI=1S/C56H63NO3/c1-34-26-44-46(54(8,9)25-24-52(44,4)5)30-43(34)56-21-19-38(48(56)32-56)28-41-16-14-39(33-57-41)50(59)60-49(58)36-12-10-35(11-13-36)27-37-18-20-55(31-47(37)55)40-15-17-42-45(29-40)53(6,7)23-22-51(42,2)3/h10-17,26-30,33,47-48H,18-25,31-32H2,1-9H3. The summed E-state index contributed by atoms with van der Waals surface area (Å²) in [7, 11) is 0. The predicted molar refractivity (Wildman–Crippen MR) is 243 cm³/mol. The molecule has 0 amide bonds. The van der Waals surface area contributed by atoms with Crippen molar-refractivity contribution in [1.29, 1.82) is 0 Å². The molecule has 0 saturated heterocycles. The number of rotatable bonds is 6. The summed E-state index contributed by atoms with van der Waals surface area (Å²) in [5, 5.41) is 0. The first kappa shape index (κ1) is 39.6. The molecule has 0 aliphatic heterocycles. The van der Waals surface area contributed by atoms with Gasteiger partial charge in [0, 0.05) is 17.0 Å². The minimum Gasteiger partial charge on any atom is -0.386 e. The van der Waals surface area contributed by atoms with Gasteiger partial charge in [-0.1, -0.05) is 115 Å². The molecule has 4 nitrogen and oxygen atoms in total. The summed E-state index contributed by atoms with van der Waals surface area (Å²) in [4.78, 5) is 30.8. The molecule has 0 bridgehead atoms. The Hall–Kier alpha value is -4.57. The maximum atomic E-state index is 13.1. The van der Waals surface area contributed by atoms with Crippen LogP contribution in [-0.2, 0) is 37.2 Å². The fourth-order valence-electron chi connectivity index (χ4n) is 12.5. The van der Waals surface area contributed by atoms with Crippen LogP contribution in [0.5, 0.6) is 0 Å². The lowest BCUT2D eigenvalue weighted by atomic mass is 9.62. The molecule has 310 valence electrons. The van der Waals surface area contributed by atoms with Gasteiger partial charge in [0.1, 0.15) is 0 Å². The van der Waals surface area contributed by atoms with Gasteiger partial charge in [0.15, 0.2) is 0 Å². The molecule has 4 fully saturated rings. The first-order valence-electron chi connectivity index (χ1n) is 22.9. The number of hydrogen-bond acceptors (Lipinski definition) is 4. The first-order chi connectivity index (χ1) is 28.3. The van der Waals surface area contributed by atoms with Crippen LogP contribution in [-0.4, -0.2) is 16.9 Å². The average molecular weight is 798 g/mol. The minimum atomic E-state index is -0.681. The molecule has 0 spiro atoms. The van der Waals surface area contributed by atoms with Gasteiger partial charge in [0.05, 0.1) is 16.8 Å². The highest BCUT2D eigenvalue weighted by Gasteiger charge is 2.61. The lowest BCUT2D eigenvalue weighted by Crippen LogP contribution is -2.34. The number of carbonyl (C=O) groups is 2. The van der Waals surface area contributed by atoms with Crippen molar-refractivity contribution in [1.82, 2.24) is 4.98 Å². The molecule has 4 unspecified atom stereocenters. The predicted octanol–water partition coefficient (Wildman–Crippen LogP) is 13.4. The largest absolute Gasteiger partial charge is 0.386 e. The number of allylic oxidation sites excluding steroid dienone is 2. The molecule has 4 heteroatoms. The van der Waals surface area contributed by atoms with Crippen LogP contribution >= 0.6 is 0 Å². The van der Waals surface area contributed by atoms with Crippen LogP contribution in [0.4, 0.5) is 0 Å². The van der Waals surface area contributed by atoms with Gasteiger partial charge in [-0.05, 0) is 179 Å². The zero-order chi connectivity index (χ0) is 42.2. The van der Waals surface area contributed by atoms with E-state index < -0.39 is 11.9 Å². The van der Waals surface area contributed by atoms with E-state index in [1.165, 1.54) is 91.0 Å². The molecule has 4 saturated carbocycles. The topological polar surface area (TPSA) is 56.3 Å². The van der Waals surface area contributed by atoms with E-state index in [1.54, 1.807) is 34.9 Å². The third kappa shape index (κ3) is 6.32. The van der Waals surface area contributed by atoms with Crippen molar-refractivity contribution in [3.8, 4) is 0 Å². The molecule has 0 radical (unpaired) electrons. The second-order valence-corrected chi connectivity index (χ2v) is 22.5. The highest BCUT2D eigenvalue weighted by Crippen LogP contribution is 2.69. The van der Waals surface area contributed by atoms with E-state index in [0.717, 1.165) is 24.1 Å². The van der Waals surface area contributed by atoms with Crippen molar-refractivity contribution in [3.05, 3.63) is 145 Å². The monoisotopic (exact) mass is 797 g/mol. The van der Waals surface area contributed by atoms with Crippen molar-refractivity contribution >= 4 is 24.1 Å².